The predicted octanol–water partition coefficient (Wildman–Crippen LogP) is 5.48. The molecule has 5 nitrogen and oxygen atoms in total. The molecule has 0 aliphatic heterocycles. The highest BCUT2D eigenvalue weighted by Crippen LogP contribution is 2.33. The summed E-state index contributed by atoms with van der Waals surface area (Å²) in [4.78, 5) is 12.0. The number of amides is 1. The normalized spacial score (nSPS) is 11.4. The van der Waals surface area contributed by atoms with E-state index >= 15 is 0 Å². The molecule has 0 aliphatic carbocycles. The topological polar surface area (TPSA) is 59.6 Å². The molecule has 6 heteroatoms. The Morgan fingerprint density at radius 1 is 1.00 bits per heavy atom. The Kier molecular flexibility index (Phi) is 12.1. The van der Waals surface area contributed by atoms with Gasteiger partial charge in [-0.3, -0.25) is 4.79 Å². The Morgan fingerprint density at radius 3 is 2.31 bits per heavy atom. The van der Waals surface area contributed by atoms with Crippen molar-refractivity contribution in [3.8, 4) is 11.5 Å². The first-order valence-electron chi connectivity index (χ1n) is 10.9. The monoisotopic (exact) mass is 426 g/mol. The Balaban J connectivity index is 2.57. The van der Waals surface area contributed by atoms with Crippen LogP contribution in [-0.4, -0.2) is 31.2 Å². The minimum absolute atomic E-state index is 0.0801. The van der Waals surface area contributed by atoms with Crippen LogP contribution in [0.25, 0.3) is 0 Å². The second-order valence-corrected chi connectivity index (χ2v) is 8.76. The zero-order valence-corrected chi connectivity index (χ0v) is 19.6. The zero-order chi connectivity index (χ0) is 21.7. The number of halogens is 1. The molecule has 0 saturated carbocycles. The highest BCUT2D eigenvalue weighted by atomic mass is 35.5. The van der Waals surface area contributed by atoms with Crippen LogP contribution in [0.4, 0.5) is 0 Å². The highest BCUT2D eigenvalue weighted by molar-refractivity contribution is 6.31. The van der Waals surface area contributed by atoms with Crippen LogP contribution in [0.2, 0.25) is 5.02 Å². The summed E-state index contributed by atoms with van der Waals surface area (Å²) in [5.41, 5.74) is 0.666. The summed E-state index contributed by atoms with van der Waals surface area (Å²) in [6.07, 6.45) is 7.67. The Morgan fingerprint density at radius 2 is 1.66 bits per heavy atom. The van der Waals surface area contributed by atoms with Crippen LogP contribution in [-0.2, 0) is 11.3 Å². The lowest BCUT2D eigenvalue weighted by molar-refractivity contribution is -0.124. The minimum atomic E-state index is -0.299. The second-order valence-electron chi connectivity index (χ2n) is 8.35. The first-order valence-corrected chi connectivity index (χ1v) is 11.2. The van der Waals surface area contributed by atoms with Gasteiger partial charge in [0.15, 0.2) is 18.1 Å². The van der Waals surface area contributed by atoms with Crippen LogP contribution in [0.5, 0.6) is 11.5 Å². The van der Waals surface area contributed by atoms with Crippen LogP contribution in [0.3, 0.4) is 0 Å². The molecular formula is C23H39ClN2O3. The fraction of sp³-hybridized carbons (Fsp3) is 0.696. The lowest BCUT2D eigenvalue weighted by atomic mass is 10.1. The summed E-state index contributed by atoms with van der Waals surface area (Å²) < 4.78 is 11.4. The van der Waals surface area contributed by atoms with Crippen LogP contribution in [0.1, 0.15) is 78.7 Å². The molecule has 0 spiro atoms. The quantitative estimate of drug-likeness (QED) is 0.386. The van der Waals surface area contributed by atoms with Crippen LogP contribution < -0.4 is 20.1 Å². The van der Waals surface area contributed by atoms with Gasteiger partial charge in [0.2, 0.25) is 0 Å². The number of nitrogens with one attached hydrogen (secondary N) is 2. The van der Waals surface area contributed by atoms with Gasteiger partial charge in [0.1, 0.15) is 0 Å². The van der Waals surface area contributed by atoms with E-state index in [1.54, 1.807) is 6.07 Å². The number of carbonyl (C=O) groups is 1. The summed E-state index contributed by atoms with van der Waals surface area (Å²) in [6.45, 7) is 12.0. The van der Waals surface area contributed by atoms with E-state index in [1.165, 1.54) is 38.5 Å². The molecule has 1 aromatic carbocycles. The van der Waals surface area contributed by atoms with Gasteiger partial charge in [-0.15, -0.1) is 0 Å². The van der Waals surface area contributed by atoms with E-state index in [0.29, 0.717) is 29.7 Å². The molecule has 0 unspecified atom stereocenters. The molecule has 0 saturated heterocycles. The van der Waals surface area contributed by atoms with Gasteiger partial charge >= 0.3 is 0 Å². The Bertz CT molecular complexity index is 615. The smallest absolute Gasteiger partial charge is 0.258 e. The summed E-state index contributed by atoms with van der Waals surface area (Å²) >= 11 is 6.44. The van der Waals surface area contributed by atoms with Gasteiger partial charge in [-0.05, 0) is 52.3 Å². The summed E-state index contributed by atoms with van der Waals surface area (Å²) in [5.74, 6) is 0.915. The average Bonchev–Trinajstić information content (AvgIpc) is 2.63. The molecule has 0 aromatic heterocycles. The molecule has 1 amide bonds. The van der Waals surface area contributed by atoms with Gasteiger partial charge in [0, 0.05) is 23.2 Å². The number of ether oxygens (including phenoxy) is 2. The van der Waals surface area contributed by atoms with E-state index in [-0.39, 0.29) is 18.1 Å². The zero-order valence-electron chi connectivity index (χ0n) is 18.8. The molecule has 0 radical (unpaired) electrons. The van der Waals surface area contributed by atoms with E-state index in [2.05, 4.69) is 17.6 Å². The van der Waals surface area contributed by atoms with E-state index in [1.807, 2.05) is 33.8 Å². The number of unbranched alkanes of at least 4 members (excludes halogenated alkanes) is 5. The maximum atomic E-state index is 12.0. The van der Waals surface area contributed by atoms with Crippen molar-refractivity contribution in [3.05, 3.63) is 22.7 Å². The maximum absolute atomic E-state index is 12.0. The average molecular weight is 427 g/mol. The fourth-order valence-corrected chi connectivity index (χ4v) is 3.17. The maximum Gasteiger partial charge on any atom is 0.258 e. The van der Waals surface area contributed by atoms with Crippen LogP contribution in [0.15, 0.2) is 12.1 Å². The lowest BCUT2D eigenvalue weighted by Gasteiger charge is -2.21. The van der Waals surface area contributed by atoms with Crippen molar-refractivity contribution in [1.82, 2.24) is 10.6 Å². The van der Waals surface area contributed by atoms with E-state index in [9.17, 15) is 4.79 Å². The van der Waals surface area contributed by atoms with Gasteiger partial charge in [-0.2, -0.15) is 0 Å². The first-order chi connectivity index (χ1) is 13.8. The molecule has 2 N–H and O–H groups in total. The molecule has 0 aliphatic rings. The van der Waals surface area contributed by atoms with Gasteiger partial charge < -0.3 is 20.1 Å². The molecular weight excluding hydrogens is 388 g/mol. The largest absolute Gasteiger partial charge is 0.490 e. The van der Waals surface area contributed by atoms with E-state index in [0.717, 1.165) is 12.1 Å². The molecule has 0 heterocycles. The molecule has 0 bridgehead atoms. The third-order valence-corrected chi connectivity index (χ3v) is 4.66. The number of rotatable bonds is 14. The fourth-order valence-electron chi connectivity index (χ4n) is 2.94. The first kappa shape index (κ1) is 25.6. The summed E-state index contributed by atoms with van der Waals surface area (Å²) in [6, 6.07) is 3.63. The van der Waals surface area contributed by atoms with E-state index < -0.39 is 0 Å². The van der Waals surface area contributed by atoms with Gasteiger partial charge in [0.05, 0.1) is 6.61 Å². The highest BCUT2D eigenvalue weighted by Gasteiger charge is 2.16. The SMILES string of the molecule is CCCCCCCCNCc1cc(OCC)c(OCC(=O)NC(C)(C)C)cc1Cl. The van der Waals surface area contributed by atoms with E-state index in [4.69, 9.17) is 21.1 Å². The number of benzene rings is 1. The standard InChI is InChI=1S/C23H39ClN2O3/c1-6-8-9-10-11-12-13-25-16-18-14-20(28-7-2)21(15-19(18)24)29-17-22(27)26-23(3,4)5/h14-15,25H,6-13,16-17H2,1-5H3,(H,26,27). The molecule has 0 atom stereocenters. The third-order valence-electron chi connectivity index (χ3n) is 4.31. The summed E-state index contributed by atoms with van der Waals surface area (Å²) in [5, 5.41) is 6.93. The van der Waals surface area contributed by atoms with Gasteiger partial charge in [0.25, 0.3) is 5.91 Å². The summed E-state index contributed by atoms with van der Waals surface area (Å²) in [7, 11) is 0. The van der Waals surface area contributed by atoms with Crippen molar-refractivity contribution in [1.29, 1.82) is 0 Å². The molecule has 0 fully saturated rings. The number of hydrogen-bond donors (Lipinski definition) is 2. The Labute approximate surface area is 181 Å². The Hall–Kier alpha value is -1.46. The van der Waals surface area contributed by atoms with Crippen molar-refractivity contribution in [2.75, 3.05) is 19.8 Å². The minimum Gasteiger partial charge on any atom is -0.490 e. The predicted molar refractivity (Wildman–Crippen MR) is 121 cm³/mol. The van der Waals surface area contributed by atoms with Crippen LogP contribution >= 0.6 is 11.6 Å². The number of hydrogen-bond acceptors (Lipinski definition) is 4. The number of carbonyl (C=O) groups excluding carboxylic acids is 1. The molecule has 1 aromatic rings. The lowest BCUT2D eigenvalue weighted by Crippen LogP contribution is -2.43. The van der Waals surface area contributed by atoms with Gasteiger partial charge in [-0.25, -0.2) is 0 Å². The third kappa shape index (κ3) is 11.3. The molecule has 1 rings (SSSR count). The van der Waals surface area contributed by atoms with Crippen molar-refractivity contribution in [2.45, 2.75) is 85.2 Å². The van der Waals surface area contributed by atoms with Crippen LogP contribution in [0, 0.1) is 0 Å². The molecule has 29 heavy (non-hydrogen) atoms. The van der Waals surface area contributed by atoms with Gasteiger partial charge in [-0.1, -0.05) is 50.6 Å². The van der Waals surface area contributed by atoms with Crippen molar-refractivity contribution < 1.29 is 14.3 Å². The molecule has 166 valence electrons. The van der Waals surface area contributed by atoms with Crippen molar-refractivity contribution in [3.63, 3.8) is 0 Å². The van der Waals surface area contributed by atoms with Crippen molar-refractivity contribution >= 4 is 17.5 Å². The van der Waals surface area contributed by atoms with Crippen molar-refractivity contribution in [2.24, 2.45) is 0 Å². The second kappa shape index (κ2) is 13.7.